The summed E-state index contributed by atoms with van der Waals surface area (Å²) in [4.78, 5) is 4.26. The topological polar surface area (TPSA) is 59.6 Å². The van der Waals surface area contributed by atoms with Gasteiger partial charge in [-0.15, -0.1) is 0 Å². The van der Waals surface area contributed by atoms with Gasteiger partial charge in [0, 0.05) is 5.54 Å². The predicted molar refractivity (Wildman–Crippen MR) is 75.9 cm³/mol. The Hall–Kier alpha value is -1.71. The van der Waals surface area contributed by atoms with Gasteiger partial charge in [0.15, 0.2) is 5.96 Å². The molecule has 4 nitrogen and oxygen atoms in total. The van der Waals surface area contributed by atoms with Gasteiger partial charge in [-0.05, 0) is 39.8 Å². The van der Waals surface area contributed by atoms with Crippen molar-refractivity contribution in [2.45, 2.75) is 39.3 Å². The highest BCUT2D eigenvalue weighted by atomic mass is 16.5. The standard InChI is InChI=1S/C14H23N3O/c1-11(18-12-8-6-5-7-9-12)10-16-13(15)17-14(2,3)4/h5-9,11H,10H2,1-4H3,(H3,15,16,17). The first-order chi connectivity index (χ1) is 8.37. The monoisotopic (exact) mass is 249 g/mol. The van der Waals surface area contributed by atoms with E-state index in [9.17, 15) is 0 Å². The van der Waals surface area contributed by atoms with Gasteiger partial charge in [0.2, 0.25) is 0 Å². The number of rotatable bonds is 4. The summed E-state index contributed by atoms with van der Waals surface area (Å²) in [6, 6.07) is 9.70. The molecule has 1 aromatic carbocycles. The first-order valence-electron chi connectivity index (χ1n) is 6.16. The Morgan fingerprint density at radius 3 is 2.50 bits per heavy atom. The normalized spacial score (nSPS) is 14.1. The van der Waals surface area contributed by atoms with E-state index in [2.05, 4.69) is 10.3 Å². The maximum atomic E-state index is 5.78. The van der Waals surface area contributed by atoms with Crippen molar-refractivity contribution in [3.05, 3.63) is 30.3 Å². The van der Waals surface area contributed by atoms with Crippen molar-refractivity contribution in [3.63, 3.8) is 0 Å². The first-order valence-corrected chi connectivity index (χ1v) is 6.16. The Labute approximate surface area is 109 Å². The van der Waals surface area contributed by atoms with Crippen molar-refractivity contribution in [3.8, 4) is 5.75 Å². The molecule has 0 fully saturated rings. The van der Waals surface area contributed by atoms with Gasteiger partial charge in [0.25, 0.3) is 0 Å². The van der Waals surface area contributed by atoms with E-state index in [0.717, 1.165) is 5.75 Å². The number of nitrogens with zero attached hydrogens (tertiary/aromatic N) is 1. The lowest BCUT2D eigenvalue weighted by Gasteiger charge is -2.21. The Morgan fingerprint density at radius 1 is 1.33 bits per heavy atom. The maximum Gasteiger partial charge on any atom is 0.189 e. The molecule has 0 saturated carbocycles. The van der Waals surface area contributed by atoms with Gasteiger partial charge in [-0.25, -0.2) is 4.99 Å². The van der Waals surface area contributed by atoms with E-state index in [1.165, 1.54) is 0 Å². The molecule has 18 heavy (non-hydrogen) atoms. The molecule has 1 unspecified atom stereocenters. The summed E-state index contributed by atoms with van der Waals surface area (Å²) >= 11 is 0. The highest BCUT2D eigenvalue weighted by molar-refractivity contribution is 5.78. The second-order valence-corrected chi connectivity index (χ2v) is 5.34. The minimum atomic E-state index is -0.0723. The summed E-state index contributed by atoms with van der Waals surface area (Å²) in [5.41, 5.74) is 5.71. The van der Waals surface area contributed by atoms with Crippen molar-refractivity contribution in [2.24, 2.45) is 10.7 Å². The average molecular weight is 249 g/mol. The molecule has 3 N–H and O–H groups in total. The van der Waals surface area contributed by atoms with E-state index in [1.54, 1.807) is 0 Å². The van der Waals surface area contributed by atoms with Gasteiger partial charge in [-0.1, -0.05) is 18.2 Å². The molecule has 0 aliphatic rings. The highest BCUT2D eigenvalue weighted by Crippen LogP contribution is 2.10. The van der Waals surface area contributed by atoms with Crippen LogP contribution in [0.2, 0.25) is 0 Å². The zero-order valence-corrected chi connectivity index (χ0v) is 11.6. The first kappa shape index (κ1) is 14.4. The number of benzene rings is 1. The number of aliphatic imine (C=N–C) groups is 1. The number of nitrogens with two attached hydrogens (primary N) is 1. The van der Waals surface area contributed by atoms with Crippen LogP contribution in [0.25, 0.3) is 0 Å². The fourth-order valence-corrected chi connectivity index (χ4v) is 1.42. The van der Waals surface area contributed by atoms with Crippen molar-refractivity contribution in [2.75, 3.05) is 6.54 Å². The van der Waals surface area contributed by atoms with Gasteiger partial charge in [-0.3, -0.25) is 0 Å². The third kappa shape index (κ3) is 6.13. The minimum absolute atomic E-state index is 0.00674. The minimum Gasteiger partial charge on any atom is -0.489 e. The Kier molecular flexibility index (Phi) is 5.01. The van der Waals surface area contributed by atoms with Gasteiger partial charge in [-0.2, -0.15) is 0 Å². The number of para-hydroxylation sites is 1. The summed E-state index contributed by atoms with van der Waals surface area (Å²) in [6.45, 7) is 8.63. The van der Waals surface area contributed by atoms with Crippen LogP contribution in [0.3, 0.4) is 0 Å². The van der Waals surface area contributed by atoms with Crippen LogP contribution in [-0.4, -0.2) is 24.1 Å². The van der Waals surface area contributed by atoms with E-state index in [0.29, 0.717) is 12.5 Å². The molecule has 0 bridgehead atoms. The molecule has 1 atom stereocenters. The number of guanidine groups is 1. The van der Waals surface area contributed by atoms with Crippen molar-refractivity contribution >= 4 is 5.96 Å². The molecule has 0 heterocycles. The lowest BCUT2D eigenvalue weighted by atomic mass is 10.1. The molecule has 0 aliphatic heterocycles. The van der Waals surface area contributed by atoms with Crippen LogP contribution < -0.4 is 15.8 Å². The predicted octanol–water partition coefficient (Wildman–Crippen LogP) is 2.16. The average Bonchev–Trinajstić information content (AvgIpc) is 2.25. The van der Waals surface area contributed by atoms with Crippen LogP contribution in [0.1, 0.15) is 27.7 Å². The van der Waals surface area contributed by atoms with E-state index in [-0.39, 0.29) is 11.6 Å². The van der Waals surface area contributed by atoms with E-state index in [1.807, 2.05) is 58.0 Å². The number of ether oxygens (including phenoxy) is 1. The zero-order valence-electron chi connectivity index (χ0n) is 11.6. The summed E-state index contributed by atoms with van der Waals surface area (Å²) in [7, 11) is 0. The van der Waals surface area contributed by atoms with Crippen LogP contribution in [0, 0.1) is 0 Å². The zero-order chi connectivity index (χ0) is 13.6. The molecule has 0 radical (unpaired) electrons. The van der Waals surface area contributed by atoms with Gasteiger partial charge in [0.1, 0.15) is 11.9 Å². The Bertz CT molecular complexity index is 382. The third-order valence-electron chi connectivity index (χ3n) is 2.10. The lowest BCUT2D eigenvalue weighted by molar-refractivity contribution is 0.230. The molecule has 0 aromatic heterocycles. The summed E-state index contributed by atoms with van der Waals surface area (Å²) in [5, 5.41) is 3.11. The van der Waals surface area contributed by atoms with Crippen LogP contribution in [0.4, 0.5) is 0 Å². The Balaban J connectivity index is 2.41. The number of hydrogen-bond acceptors (Lipinski definition) is 2. The fourth-order valence-electron chi connectivity index (χ4n) is 1.42. The van der Waals surface area contributed by atoms with Gasteiger partial charge in [0.05, 0.1) is 6.54 Å². The smallest absolute Gasteiger partial charge is 0.189 e. The molecule has 0 spiro atoms. The molecule has 0 saturated heterocycles. The maximum absolute atomic E-state index is 5.78. The van der Waals surface area contributed by atoms with Crippen LogP contribution in [-0.2, 0) is 0 Å². The third-order valence-corrected chi connectivity index (χ3v) is 2.10. The molecule has 1 aromatic rings. The second-order valence-electron chi connectivity index (χ2n) is 5.34. The summed E-state index contributed by atoms with van der Waals surface area (Å²) in [6.07, 6.45) is -0.00674. The number of nitrogens with one attached hydrogen (secondary N) is 1. The van der Waals surface area contributed by atoms with Gasteiger partial charge >= 0.3 is 0 Å². The van der Waals surface area contributed by atoms with Crippen LogP contribution >= 0.6 is 0 Å². The largest absolute Gasteiger partial charge is 0.489 e. The fraction of sp³-hybridized carbons (Fsp3) is 0.500. The quantitative estimate of drug-likeness (QED) is 0.635. The molecule has 4 heteroatoms. The van der Waals surface area contributed by atoms with Crippen molar-refractivity contribution < 1.29 is 4.74 Å². The number of hydrogen-bond donors (Lipinski definition) is 2. The SMILES string of the molecule is CC(CN=C(N)NC(C)(C)C)Oc1ccccc1. The van der Waals surface area contributed by atoms with Crippen LogP contribution in [0.15, 0.2) is 35.3 Å². The Morgan fingerprint density at radius 2 is 1.94 bits per heavy atom. The second kappa shape index (κ2) is 6.28. The molecular formula is C14H23N3O. The summed E-state index contributed by atoms with van der Waals surface area (Å²) < 4.78 is 5.70. The molecule has 100 valence electrons. The van der Waals surface area contributed by atoms with Crippen LogP contribution in [0.5, 0.6) is 5.75 Å². The molecule has 0 aliphatic carbocycles. The molecule has 0 amide bonds. The lowest BCUT2D eigenvalue weighted by Crippen LogP contribution is -2.45. The highest BCUT2D eigenvalue weighted by Gasteiger charge is 2.10. The van der Waals surface area contributed by atoms with E-state index in [4.69, 9.17) is 10.5 Å². The van der Waals surface area contributed by atoms with E-state index >= 15 is 0 Å². The molecular weight excluding hydrogens is 226 g/mol. The molecule has 1 rings (SSSR count). The van der Waals surface area contributed by atoms with Crippen molar-refractivity contribution in [1.29, 1.82) is 0 Å². The van der Waals surface area contributed by atoms with E-state index < -0.39 is 0 Å². The van der Waals surface area contributed by atoms with Crippen molar-refractivity contribution in [1.82, 2.24) is 5.32 Å². The summed E-state index contributed by atoms with van der Waals surface area (Å²) in [5.74, 6) is 1.30. The van der Waals surface area contributed by atoms with Gasteiger partial charge < -0.3 is 15.8 Å².